The largest absolute Gasteiger partial charge is 0.514 e. The Bertz CT molecular complexity index is 458. The topological polar surface area (TPSA) is 35.5 Å². The first-order valence-corrected chi connectivity index (χ1v) is 4.65. The van der Waals surface area contributed by atoms with E-state index in [1.165, 1.54) is 13.8 Å². The summed E-state index contributed by atoms with van der Waals surface area (Å²) in [4.78, 5) is 10.9. The highest BCUT2D eigenvalue weighted by Crippen LogP contribution is 2.29. The molecule has 1 aromatic rings. The molecule has 8 heteroatoms. The highest BCUT2D eigenvalue weighted by molar-refractivity contribution is 5.64. The molecule has 0 heterocycles. The highest BCUT2D eigenvalue weighted by Gasteiger charge is 2.29. The van der Waals surface area contributed by atoms with Crippen molar-refractivity contribution in [1.29, 1.82) is 0 Å². The molecule has 0 atom stereocenters. The molecule has 1 rings (SSSR count). The van der Waals surface area contributed by atoms with Crippen LogP contribution in [-0.2, 0) is 4.74 Å². The Morgan fingerprint density at radius 1 is 0.889 bits per heavy atom. The van der Waals surface area contributed by atoms with Gasteiger partial charge in [0.1, 0.15) is 0 Å². The van der Waals surface area contributed by atoms with Gasteiger partial charge in [0.05, 0.1) is 6.10 Å². The fourth-order valence-corrected chi connectivity index (χ4v) is 0.974. The molecule has 0 aliphatic rings. The fraction of sp³-hybridized carbons (Fsp3) is 0.300. The van der Waals surface area contributed by atoms with E-state index >= 15 is 0 Å². The van der Waals surface area contributed by atoms with Crippen LogP contribution in [0.4, 0.5) is 26.7 Å². The molecule has 18 heavy (non-hydrogen) atoms. The first-order valence-electron chi connectivity index (χ1n) is 4.65. The Morgan fingerprint density at radius 3 is 1.67 bits per heavy atom. The van der Waals surface area contributed by atoms with Crippen molar-refractivity contribution in [3.63, 3.8) is 0 Å². The van der Waals surface area contributed by atoms with E-state index in [4.69, 9.17) is 0 Å². The maximum Gasteiger partial charge on any atom is 0.514 e. The molecule has 0 N–H and O–H groups in total. The zero-order valence-electron chi connectivity index (χ0n) is 9.19. The Hall–Kier alpha value is -1.86. The van der Waals surface area contributed by atoms with Crippen LogP contribution in [0, 0.1) is 29.1 Å². The fourth-order valence-electron chi connectivity index (χ4n) is 0.974. The van der Waals surface area contributed by atoms with Crippen LogP contribution in [0.15, 0.2) is 0 Å². The van der Waals surface area contributed by atoms with Crippen LogP contribution in [0.25, 0.3) is 0 Å². The van der Waals surface area contributed by atoms with E-state index in [2.05, 4.69) is 9.47 Å². The summed E-state index contributed by atoms with van der Waals surface area (Å²) in [6, 6.07) is 0. The summed E-state index contributed by atoms with van der Waals surface area (Å²) in [6.45, 7) is 2.81. The van der Waals surface area contributed by atoms with Gasteiger partial charge < -0.3 is 9.47 Å². The highest BCUT2D eigenvalue weighted by atomic mass is 19.2. The Balaban J connectivity index is 3.14. The summed E-state index contributed by atoms with van der Waals surface area (Å²) >= 11 is 0. The molecule has 1 aromatic carbocycles. The SMILES string of the molecule is CC(C)OC(=O)Oc1c(F)c(F)c(F)c(F)c1F. The summed E-state index contributed by atoms with van der Waals surface area (Å²) in [6.07, 6.45) is -2.26. The smallest absolute Gasteiger partial charge is 0.431 e. The predicted molar refractivity (Wildman–Crippen MR) is 48.5 cm³/mol. The minimum Gasteiger partial charge on any atom is -0.431 e. The van der Waals surface area contributed by atoms with Crippen LogP contribution in [0.1, 0.15) is 13.8 Å². The zero-order chi connectivity index (χ0) is 14.0. The standard InChI is InChI=1S/C10H7F5O3/c1-3(2)17-10(16)18-9-7(14)5(12)4(11)6(13)8(9)15/h3H,1-2H3. The van der Waals surface area contributed by atoms with Gasteiger partial charge >= 0.3 is 6.16 Å². The van der Waals surface area contributed by atoms with Crippen molar-refractivity contribution in [2.24, 2.45) is 0 Å². The van der Waals surface area contributed by atoms with Gasteiger partial charge in [0.25, 0.3) is 0 Å². The summed E-state index contributed by atoms with van der Waals surface area (Å²) in [5.74, 6) is -12.9. The maximum atomic E-state index is 13.0. The first-order chi connectivity index (χ1) is 8.25. The third kappa shape index (κ3) is 2.69. The second-order valence-corrected chi connectivity index (χ2v) is 3.42. The lowest BCUT2D eigenvalue weighted by atomic mass is 10.3. The summed E-state index contributed by atoms with van der Waals surface area (Å²) in [5.41, 5.74) is 0. The number of halogens is 5. The van der Waals surface area contributed by atoms with E-state index in [-0.39, 0.29) is 0 Å². The molecule has 0 aliphatic carbocycles. The third-order valence-corrected chi connectivity index (χ3v) is 1.69. The van der Waals surface area contributed by atoms with Crippen molar-refractivity contribution in [1.82, 2.24) is 0 Å². The van der Waals surface area contributed by atoms with Crippen LogP contribution in [0.5, 0.6) is 5.75 Å². The van der Waals surface area contributed by atoms with Crippen LogP contribution < -0.4 is 4.74 Å². The van der Waals surface area contributed by atoms with Gasteiger partial charge in [-0.25, -0.2) is 18.0 Å². The molecule has 0 fully saturated rings. The summed E-state index contributed by atoms with van der Waals surface area (Å²) in [5, 5.41) is 0. The number of benzene rings is 1. The first kappa shape index (κ1) is 14.2. The number of carbonyl (C=O) groups is 1. The Morgan fingerprint density at radius 2 is 1.28 bits per heavy atom. The van der Waals surface area contributed by atoms with Crippen LogP contribution in [0.3, 0.4) is 0 Å². The second kappa shape index (κ2) is 5.19. The number of ether oxygens (including phenoxy) is 2. The molecule has 0 radical (unpaired) electrons. The average molecular weight is 270 g/mol. The number of rotatable bonds is 2. The second-order valence-electron chi connectivity index (χ2n) is 3.42. The van der Waals surface area contributed by atoms with Crippen molar-refractivity contribution in [2.75, 3.05) is 0 Å². The maximum absolute atomic E-state index is 13.0. The molecular weight excluding hydrogens is 263 g/mol. The molecular formula is C10H7F5O3. The Kier molecular flexibility index (Phi) is 4.10. The van der Waals surface area contributed by atoms with E-state index in [9.17, 15) is 26.7 Å². The lowest BCUT2D eigenvalue weighted by Crippen LogP contribution is -2.18. The number of carbonyl (C=O) groups excluding carboxylic acids is 1. The molecule has 0 aliphatic heterocycles. The monoisotopic (exact) mass is 270 g/mol. The van der Waals surface area contributed by atoms with Gasteiger partial charge in [0.15, 0.2) is 0 Å². The van der Waals surface area contributed by atoms with Gasteiger partial charge in [0.2, 0.25) is 34.8 Å². The van der Waals surface area contributed by atoms with Gasteiger partial charge in [-0.05, 0) is 13.8 Å². The molecule has 0 unspecified atom stereocenters. The van der Waals surface area contributed by atoms with Gasteiger partial charge in [0, 0.05) is 0 Å². The van der Waals surface area contributed by atoms with Crippen molar-refractivity contribution in [3.05, 3.63) is 29.1 Å². The minimum absolute atomic E-state index is 0.682. The third-order valence-electron chi connectivity index (χ3n) is 1.69. The van der Waals surface area contributed by atoms with E-state index < -0.39 is 47.1 Å². The predicted octanol–water partition coefficient (Wildman–Crippen LogP) is 3.31. The van der Waals surface area contributed by atoms with Gasteiger partial charge in [-0.15, -0.1) is 0 Å². The van der Waals surface area contributed by atoms with Crippen molar-refractivity contribution in [2.45, 2.75) is 20.0 Å². The summed E-state index contributed by atoms with van der Waals surface area (Å²) in [7, 11) is 0. The normalized spacial score (nSPS) is 10.7. The lowest BCUT2D eigenvalue weighted by molar-refractivity contribution is 0.0695. The van der Waals surface area contributed by atoms with Crippen LogP contribution in [0.2, 0.25) is 0 Å². The number of hydrogen-bond acceptors (Lipinski definition) is 3. The van der Waals surface area contributed by atoms with E-state index in [0.29, 0.717) is 0 Å². The summed E-state index contributed by atoms with van der Waals surface area (Å²) < 4.78 is 72.5. The molecule has 0 saturated carbocycles. The van der Waals surface area contributed by atoms with E-state index in [1.54, 1.807) is 0 Å². The van der Waals surface area contributed by atoms with Crippen LogP contribution in [-0.4, -0.2) is 12.3 Å². The van der Waals surface area contributed by atoms with E-state index in [1.807, 2.05) is 0 Å². The molecule has 0 amide bonds. The molecule has 0 aromatic heterocycles. The molecule has 0 spiro atoms. The van der Waals surface area contributed by atoms with Gasteiger partial charge in [-0.2, -0.15) is 8.78 Å². The van der Waals surface area contributed by atoms with E-state index in [0.717, 1.165) is 0 Å². The zero-order valence-corrected chi connectivity index (χ0v) is 9.19. The minimum atomic E-state index is -2.34. The lowest BCUT2D eigenvalue weighted by Gasteiger charge is -2.10. The van der Waals surface area contributed by atoms with Crippen molar-refractivity contribution in [3.8, 4) is 5.75 Å². The number of hydrogen-bond donors (Lipinski definition) is 0. The van der Waals surface area contributed by atoms with Gasteiger partial charge in [-0.1, -0.05) is 0 Å². The molecule has 0 bridgehead atoms. The molecule has 100 valence electrons. The van der Waals surface area contributed by atoms with Crippen molar-refractivity contribution < 1.29 is 36.2 Å². The quantitative estimate of drug-likeness (QED) is 0.272. The molecule has 3 nitrogen and oxygen atoms in total. The Labute approximate surface area is 98.1 Å². The van der Waals surface area contributed by atoms with Gasteiger partial charge in [-0.3, -0.25) is 0 Å². The van der Waals surface area contributed by atoms with Crippen LogP contribution >= 0.6 is 0 Å². The average Bonchev–Trinajstić information content (AvgIpc) is 2.29. The van der Waals surface area contributed by atoms with Crippen molar-refractivity contribution >= 4 is 6.16 Å². The molecule has 0 saturated heterocycles.